The number of carbonyl (C=O) groups excluding carboxylic acids is 1. The molecular formula is C15H15N5O. The molecule has 2 heterocycles. The zero-order chi connectivity index (χ0) is 14.7. The van der Waals surface area contributed by atoms with Gasteiger partial charge in [0.05, 0.1) is 17.4 Å². The van der Waals surface area contributed by atoms with Crippen LogP contribution >= 0.6 is 0 Å². The van der Waals surface area contributed by atoms with Crippen LogP contribution in [0.25, 0.3) is 5.69 Å². The summed E-state index contributed by atoms with van der Waals surface area (Å²) >= 11 is 0. The molecule has 0 unspecified atom stereocenters. The van der Waals surface area contributed by atoms with E-state index in [1.165, 1.54) is 6.20 Å². The molecule has 0 bridgehead atoms. The number of nitrogens with zero attached hydrogens (tertiary/aromatic N) is 3. The van der Waals surface area contributed by atoms with Crippen molar-refractivity contribution < 1.29 is 4.79 Å². The van der Waals surface area contributed by atoms with E-state index >= 15 is 0 Å². The van der Waals surface area contributed by atoms with Gasteiger partial charge in [-0.15, -0.1) is 0 Å². The summed E-state index contributed by atoms with van der Waals surface area (Å²) in [7, 11) is 0. The molecule has 0 spiro atoms. The van der Waals surface area contributed by atoms with Crippen molar-refractivity contribution in [1.29, 1.82) is 0 Å². The molecule has 0 aliphatic rings. The summed E-state index contributed by atoms with van der Waals surface area (Å²) < 4.78 is 1.78. The Bertz CT molecular complexity index is 745. The third-order valence-electron chi connectivity index (χ3n) is 3.26. The van der Waals surface area contributed by atoms with E-state index < -0.39 is 0 Å². The fourth-order valence-corrected chi connectivity index (χ4v) is 2.15. The van der Waals surface area contributed by atoms with Crippen LogP contribution in [0.5, 0.6) is 0 Å². The zero-order valence-corrected chi connectivity index (χ0v) is 11.6. The molecule has 3 rings (SSSR count). The van der Waals surface area contributed by atoms with E-state index in [4.69, 9.17) is 0 Å². The minimum Gasteiger partial charge on any atom is -0.348 e. The predicted molar refractivity (Wildman–Crippen MR) is 78.1 cm³/mol. The first kappa shape index (κ1) is 13.1. The SMILES string of the molecule is Cc1[nH]ncc1C(=O)NCc1ccccc1-n1cccn1. The Labute approximate surface area is 121 Å². The zero-order valence-electron chi connectivity index (χ0n) is 11.6. The lowest BCUT2D eigenvalue weighted by Crippen LogP contribution is -2.23. The van der Waals surface area contributed by atoms with Crippen molar-refractivity contribution in [1.82, 2.24) is 25.3 Å². The number of aromatic nitrogens is 4. The molecule has 0 fully saturated rings. The first-order chi connectivity index (χ1) is 10.3. The predicted octanol–water partition coefficient (Wildman–Crippen LogP) is 1.83. The first-order valence-corrected chi connectivity index (χ1v) is 6.62. The van der Waals surface area contributed by atoms with Crippen LogP contribution in [0.3, 0.4) is 0 Å². The van der Waals surface area contributed by atoms with Crippen LogP contribution in [-0.2, 0) is 6.54 Å². The quantitative estimate of drug-likeness (QED) is 0.766. The Balaban J connectivity index is 1.77. The Hall–Kier alpha value is -2.89. The van der Waals surface area contributed by atoms with Crippen LogP contribution < -0.4 is 5.32 Å². The van der Waals surface area contributed by atoms with Crippen molar-refractivity contribution in [2.45, 2.75) is 13.5 Å². The number of benzene rings is 1. The Morgan fingerprint density at radius 2 is 2.19 bits per heavy atom. The van der Waals surface area contributed by atoms with Crippen molar-refractivity contribution in [2.75, 3.05) is 0 Å². The number of hydrogen-bond acceptors (Lipinski definition) is 3. The molecule has 6 heteroatoms. The smallest absolute Gasteiger partial charge is 0.255 e. The summed E-state index contributed by atoms with van der Waals surface area (Å²) in [5, 5.41) is 13.7. The number of aryl methyl sites for hydroxylation is 1. The first-order valence-electron chi connectivity index (χ1n) is 6.62. The average molecular weight is 281 g/mol. The standard InChI is InChI=1S/C15H15N5O/c1-11-13(10-17-19-11)15(21)16-9-12-5-2-3-6-14(12)20-8-4-7-18-20/h2-8,10H,9H2,1H3,(H,16,21)(H,17,19). The lowest BCUT2D eigenvalue weighted by atomic mass is 10.1. The Morgan fingerprint density at radius 1 is 1.33 bits per heavy atom. The topological polar surface area (TPSA) is 75.6 Å². The molecule has 0 aliphatic carbocycles. The molecule has 106 valence electrons. The summed E-state index contributed by atoms with van der Waals surface area (Å²) in [6.45, 7) is 2.25. The fraction of sp³-hybridized carbons (Fsp3) is 0.133. The summed E-state index contributed by atoms with van der Waals surface area (Å²) in [5.41, 5.74) is 3.27. The highest BCUT2D eigenvalue weighted by Crippen LogP contribution is 2.13. The molecular weight excluding hydrogens is 266 g/mol. The van der Waals surface area contributed by atoms with Gasteiger partial charge >= 0.3 is 0 Å². The number of para-hydroxylation sites is 1. The van der Waals surface area contributed by atoms with E-state index in [1.54, 1.807) is 10.9 Å². The van der Waals surface area contributed by atoms with Gasteiger partial charge in [-0.2, -0.15) is 10.2 Å². The van der Waals surface area contributed by atoms with Crippen molar-refractivity contribution in [3.8, 4) is 5.69 Å². The normalized spacial score (nSPS) is 10.5. The van der Waals surface area contributed by atoms with Crippen molar-refractivity contribution in [3.05, 3.63) is 65.7 Å². The van der Waals surface area contributed by atoms with E-state index in [-0.39, 0.29) is 5.91 Å². The van der Waals surface area contributed by atoms with Gasteiger partial charge in [0.15, 0.2) is 0 Å². The lowest BCUT2D eigenvalue weighted by Gasteiger charge is -2.10. The summed E-state index contributed by atoms with van der Waals surface area (Å²) in [6, 6.07) is 9.70. The van der Waals surface area contributed by atoms with Crippen LogP contribution in [0.2, 0.25) is 0 Å². The van der Waals surface area contributed by atoms with Crippen LogP contribution in [0.15, 0.2) is 48.9 Å². The van der Waals surface area contributed by atoms with Crippen LogP contribution in [-0.4, -0.2) is 25.9 Å². The van der Waals surface area contributed by atoms with Crippen LogP contribution in [0.4, 0.5) is 0 Å². The van der Waals surface area contributed by atoms with E-state index in [2.05, 4.69) is 20.6 Å². The van der Waals surface area contributed by atoms with E-state index in [0.717, 1.165) is 16.9 Å². The molecule has 0 saturated carbocycles. The van der Waals surface area contributed by atoms with E-state index in [0.29, 0.717) is 12.1 Å². The number of hydrogen-bond donors (Lipinski definition) is 2. The maximum absolute atomic E-state index is 12.1. The highest BCUT2D eigenvalue weighted by Gasteiger charge is 2.11. The Morgan fingerprint density at radius 3 is 2.90 bits per heavy atom. The second-order valence-electron chi connectivity index (χ2n) is 4.67. The van der Waals surface area contributed by atoms with E-state index in [9.17, 15) is 4.79 Å². The third kappa shape index (κ3) is 2.69. The molecule has 0 saturated heterocycles. The lowest BCUT2D eigenvalue weighted by molar-refractivity contribution is 0.0950. The van der Waals surface area contributed by atoms with Crippen molar-refractivity contribution in [3.63, 3.8) is 0 Å². The van der Waals surface area contributed by atoms with E-state index in [1.807, 2.05) is 43.5 Å². The van der Waals surface area contributed by atoms with Gasteiger partial charge in [0.25, 0.3) is 5.91 Å². The molecule has 2 aromatic heterocycles. The van der Waals surface area contributed by atoms with Gasteiger partial charge in [0.2, 0.25) is 0 Å². The fourth-order valence-electron chi connectivity index (χ4n) is 2.15. The van der Waals surface area contributed by atoms with Gasteiger partial charge < -0.3 is 5.32 Å². The molecule has 1 aromatic carbocycles. The summed E-state index contributed by atoms with van der Waals surface area (Å²) in [6.07, 6.45) is 5.13. The molecule has 0 atom stereocenters. The molecule has 1 amide bonds. The maximum atomic E-state index is 12.1. The van der Waals surface area contributed by atoms with Gasteiger partial charge in [-0.1, -0.05) is 18.2 Å². The number of amides is 1. The number of rotatable bonds is 4. The third-order valence-corrected chi connectivity index (χ3v) is 3.26. The highest BCUT2D eigenvalue weighted by atomic mass is 16.1. The molecule has 0 aliphatic heterocycles. The number of H-pyrrole nitrogens is 1. The van der Waals surface area contributed by atoms with Crippen molar-refractivity contribution in [2.24, 2.45) is 0 Å². The van der Waals surface area contributed by atoms with Crippen LogP contribution in [0, 0.1) is 6.92 Å². The number of carbonyl (C=O) groups is 1. The van der Waals surface area contributed by atoms with Gasteiger partial charge in [0.1, 0.15) is 0 Å². The highest BCUT2D eigenvalue weighted by molar-refractivity contribution is 5.94. The minimum absolute atomic E-state index is 0.142. The minimum atomic E-state index is -0.142. The molecule has 0 radical (unpaired) electrons. The monoisotopic (exact) mass is 281 g/mol. The van der Waals surface area contributed by atoms with Crippen molar-refractivity contribution >= 4 is 5.91 Å². The second-order valence-corrected chi connectivity index (χ2v) is 4.67. The number of nitrogens with one attached hydrogen (secondary N) is 2. The summed E-state index contributed by atoms with van der Waals surface area (Å²) in [5.74, 6) is -0.142. The van der Waals surface area contributed by atoms with Gasteiger partial charge in [-0.3, -0.25) is 9.89 Å². The Kier molecular flexibility index (Phi) is 3.51. The largest absolute Gasteiger partial charge is 0.348 e. The molecule has 21 heavy (non-hydrogen) atoms. The second kappa shape index (κ2) is 5.62. The van der Waals surface area contributed by atoms with Gasteiger partial charge in [-0.25, -0.2) is 4.68 Å². The van der Waals surface area contributed by atoms with Crippen LogP contribution in [0.1, 0.15) is 21.6 Å². The maximum Gasteiger partial charge on any atom is 0.255 e. The van der Waals surface area contributed by atoms with Gasteiger partial charge in [0, 0.05) is 24.6 Å². The molecule has 3 aromatic rings. The summed E-state index contributed by atoms with van der Waals surface area (Å²) in [4.78, 5) is 12.1. The van der Waals surface area contributed by atoms with Gasteiger partial charge in [-0.05, 0) is 24.6 Å². The average Bonchev–Trinajstić information content (AvgIpc) is 3.16. The molecule has 2 N–H and O–H groups in total. The molecule has 6 nitrogen and oxygen atoms in total. The number of aromatic amines is 1.